The Morgan fingerprint density at radius 1 is 1.80 bits per heavy atom. The predicted molar refractivity (Wildman–Crippen MR) is 37.1 cm³/mol. The summed E-state index contributed by atoms with van der Waals surface area (Å²) in [7, 11) is 0. The Labute approximate surface area is 62.1 Å². The third-order valence-corrected chi connectivity index (χ3v) is 2.84. The Morgan fingerprint density at radius 2 is 2.60 bits per heavy atom. The number of alkyl halides is 1. The Balaban J connectivity index is 2.18. The lowest BCUT2D eigenvalue weighted by Gasteiger charge is -2.41. The molecular formula is C6H6FNOS. The number of thioether (sulfide) groups is 1. The molecule has 2 atom stereocenters. The number of hydrogen-bond donors (Lipinski definition) is 0. The first-order valence-electron chi connectivity index (χ1n) is 3.05. The van der Waals surface area contributed by atoms with Crippen molar-refractivity contribution in [2.45, 2.75) is 11.5 Å². The van der Waals surface area contributed by atoms with Gasteiger partial charge >= 0.3 is 0 Å². The van der Waals surface area contributed by atoms with Crippen LogP contribution in [0.2, 0.25) is 0 Å². The molecule has 10 heavy (non-hydrogen) atoms. The van der Waals surface area contributed by atoms with Gasteiger partial charge < -0.3 is 4.90 Å². The number of carbonyl (C=O) groups is 1. The summed E-state index contributed by atoms with van der Waals surface area (Å²) >= 11 is 1.47. The summed E-state index contributed by atoms with van der Waals surface area (Å²) in [5.41, 5.74) is 0. The molecule has 0 aromatic heterocycles. The van der Waals surface area contributed by atoms with Crippen LogP contribution in [0, 0.1) is 0 Å². The number of fused-ring (bicyclic) bond motifs is 1. The van der Waals surface area contributed by atoms with Gasteiger partial charge in [0.1, 0.15) is 5.37 Å². The van der Waals surface area contributed by atoms with Gasteiger partial charge in [-0.2, -0.15) is 0 Å². The second kappa shape index (κ2) is 1.99. The van der Waals surface area contributed by atoms with Gasteiger partial charge in [-0.25, -0.2) is 4.39 Å². The van der Waals surface area contributed by atoms with Crippen molar-refractivity contribution in [1.29, 1.82) is 0 Å². The normalized spacial score (nSPS) is 37.3. The standard InChI is InChI=1S/C6H6FNOS/c7-4-5(9)8-2-1-3-10-6(4)8/h1-2,4,6H,3H2/t4-,6-/m0/s1. The summed E-state index contributed by atoms with van der Waals surface area (Å²) in [6.07, 6.45) is 2.28. The Morgan fingerprint density at radius 3 is 3.30 bits per heavy atom. The fourth-order valence-electron chi connectivity index (χ4n) is 1.08. The number of carbonyl (C=O) groups excluding carboxylic acids is 1. The van der Waals surface area contributed by atoms with E-state index in [2.05, 4.69) is 0 Å². The van der Waals surface area contributed by atoms with Gasteiger partial charge in [-0.15, -0.1) is 11.8 Å². The molecule has 2 heterocycles. The van der Waals surface area contributed by atoms with Crippen LogP contribution in [-0.4, -0.2) is 28.1 Å². The summed E-state index contributed by atoms with van der Waals surface area (Å²) in [6.45, 7) is 0. The maximum Gasteiger partial charge on any atom is 0.265 e. The molecule has 54 valence electrons. The quantitative estimate of drug-likeness (QED) is 0.486. The summed E-state index contributed by atoms with van der Waals surface area (Å²) < 4.78 is 12.6. The molecule has 2 aliphatic heterocycles. The maximum atomic E-state index is 12.6. The maximum absolute atomic E-state index is 12.6. The molecule has 0 aromatic rings. The first-order chi connectivity index (χ1) is 4.80. The zero-order valence-electron chi connectivity index (χ0n) is 5.16. The SMILES string of the molecule is O=C1[C@H](F)[C@@H]2SCC=CN12. The lowest BCUT2D eigenvalue weighted by molar-refractivity contribution is -0.147. The highest BCUT2D eigenvalue weighted by Gasteiger charge is 2.47. The number of halogens is 1. The van der Waals surface area contributed by atoms with Crippen molar-refractivity contribution >= 4 is 17.7 Å². The second-order valence-corrected chi connectivity index (χ2v) is 3.41. The molecule has 2 nitrogen and oxygen atoms in total. The highest BCUT2D eigenvalue weighted by Crippen LogP contribution is 2.35. The van der Waals surface area contributed by atoms with E-state index in [1.165, 1.54) is 16.7 Å². The summed E-state index contributed by atoms with van der Waals surface area (Å²) in [5.74, 6) is 0.419. The van der Waals surface area contributed by atoms with Crippen molar-refractivity contribution in [2.24, 2.45) is 0 Å². The molecule has 0 radical (unpaired) electrons. The van der Waals surface area contributed by atoms with Crippen molar-refractivity contribution < 1.29 is 9.18 Å². The van der Waals surface area contributed by atoms with Crippen molar-refractivity contribution in [3.8, 4) is 0 Å². The van der Waals surface area contributed by atoms with Gasteiger partial charge in [0.2, 0.25) is 6.17 Å². The third kappa shape index (κ3) is 0.624. The molecule has 0 saturated carbocycles. The van der Waals surface area contributed by atoms with Crippen LogP contribution in [0.5, 0.6) is 0 Å². The second-order valence-electron chi connectivity index (χ2n) is 2.26. The zero-order valence-corrected chi connectivity index (χ0v) is 5.97. The van der Waals surface area contributed by atoms with Crippen LogP contribution >= 0.6 is 11.8 Å². The molecule has 0 spiro atoms. The van der Waals surface area contributed by atoms with Crippen molar-refractivity contribution in [3.05, 3.63) is 12.3 Å². The number of β-lactam (4-membered cyclic amide) rings is 1. The minimum atomic E-state index is -1.25. The molecule has 2 rings (SSSR count). The van der Waals surface area contributed by atoms with Crippen LogP contribution in [-0.2, 0) is 4.79 Å². The van der Waals surface area contributed by atoms with Gasteiger partial charge in [-0.3, -0.25) is 4.79 Å². The average Bonchev–Trinajstić information content (AvgIpc) is 2.03. The topological polar surface area (TPSA) is 20.3 Å². The first-order valence-corrected chi connectivity index (χ1v) is 4.10. The molecule has 1 saturated heterocycles. The minimum absolute atomic E-state index is 0.225. The van der Waals surface area contributed by atoms with E-state index in [1.54, 1.807) is 6.20 Å². The minimum Gasteiger partial charge on any atom is -0.301 e. The lowest BCUT2D eigenvalue weighted by Crippen LogP contribution is -2.59. The predicted octanol–water partition coefficient (Wildman–Crippen LogP) is 0.753. The Kier molecular flexibility index (Phi) is 1.23. The Bertz CT molecular complexity index is 206. The van der Waals surface area contributed by atoms with Gasteiger partial charge in [0.15, 0.2) is 0 Å². The van der Waals surface area contributed by atoms with E-state index in [1.807, 2.05) is 6.08 Å². The first kappa shape index (κ1) is 6.22. The van der Waals surface area contributed by atoms with E-state index in [-0.39, 0.29) is 5.37 Å². The smallest absolute Gasteiger partial charge is 0.265 e. The monoisotopic (exact) mass is 159 g/mol. The molecule has 1 amide bonds. The van der Waals surface area contributed by atoms with E-state index < -0.39 is 12.1 Å². The van der Waals surface area contributed by atoms with E-state index in [9.17, 15) is 9.18 Å². The van der Waals surface area contributed by atoms with Crippen molar-refractivity contribution in [1.82, 2.24) is 4.90 Å². The third-order valence-electron chi connectivity index (χ3n) is 1.64. The fourth-order valence-corrected chi connectivity index (χ4v) is 2.10. The van der Waals surface area contributed by atoms with Crippen molar-refractivity contribution in [3.63, 3.8) is 0 Å². The number of hydrogen-bond acceptors (Lipinski definition) is 2. The molecule has 0 N–H and O–H groups in total. The van der Waals surface area contributed by atoms with E-state index >= 15 is 0 Å². The average molecular weight is 159 g/mol. The lowest BCUT2D eigenvalue weighted by atomic mass is 10.2. The number of amides is 1. The molecular weight excluding hydrogens is 153 g/mol. The van der Waals surface area contributed by atoms with Gasteiger partial charge in [-0.05, 0) is 0 Å². The molecule has 0 bridgehead atoms. The van der Waals surface area contributed by atoms with E-state index in [0.29, 0.717) is 0 Å². The number of nitrogens with zero attached hydrogens (tertiary/aromatic N) is 1. The van der Waals surface area contributed by atoms with Gasteiger partial charge in [0, 0.05) is 12.0 Å². The van der Waals surface area contributed by atoms with E-state index in [4.69, 9.17) is 0 Å². The van der Waals surface area contributed by atoms with Crippen LogP contribution in [0.4, 0.5) is 4.39 Å². The van der Waals surface area contributed by atoms with Crippen LogP contribution in [0.25, 0.3) is 0 Å². The fraction of sp³-hybridized carbons (Fsp3) is 0.500. The van der Waals surface area contributed by atoms with Crippen LogP contribution in [0.15, 0.2) is 12.3 Å². The molecule has 0 aromatic carbocycles. The summed E-state index contributed by atoms with van der Waals surface area (Å²) in [4.78, 5) is 12.1. The molecule has 1 fully saturated rings. The Hall–Kier alpha value is -0.510. The largest absolute Gasteiger partial charge is 0.301 e. The molecule has 4 heteroatoms. The summed E-state index contributed by atoms with van der Waals surface area (Å²) in [6, 6.07) is 0. The highest BCUT2D eigenvalue weighted by molar-refractivity contribution is 8.00. The molecule has 0 unspecified atom stereocenters. The number of rotatable bonds is 0. The molecule has 0 aliphatic carbocycles. The van der Waals surface area contributed by atoms with Crippen molar-refractivity contribution in [2.75, 3.05) is 5.75 Å². The molecule has 2 aliphatic rings. The zero-order chi connectivity index (χ0) is 7.14. The van der Waals surface area contributed by atoms with Gasteiger partial charge in [0.25, 0.3) is 5.91 Å². The van der Waals surface area contributed by atoms with E-state index in [0.717, 1.165) is 5.75 Å². The highest BCUT2D eigenvalue weighted by atomic mass is 32.2. The van der Waals surface area contributed by atoms with Crippen LogP contribution in [0.1, 0.15) is 0 Å². The van der Waals surface area contributed by atoms with Gasteiger partial charge in [0.05, 0.1) is 0 Å². The van der Waals surface area contributed by atoms with Crippen LogP contribution < -0.4 is 0 Å². The van der Waals surface area contributed by atoms with Gasteiger partial charge in [-0.1, -0.05) is 6.08 Å². The summed E-state index contributed by atoms with van der Waals surface area (Å²) in [5, 5.41) is -0.225. The van der Waals surface area contributed by atoms with Crippen LogP contribution in [0.3, 0.4) is 0 Å².